The van der Waals surface area contributed by atoms with Gasteiger partial charge in [-0.1, -0.05) is 43.3 Å². The molecule has 0 saturated heterocycles. The molecule has 0 bridgehead atoms. The van der Waals surface area contributed by atoms with Gasteiger partial charge >= 0.3 is 0 Å². The summed E-state index contributed by atoms with van der Waals surface area (Å²) in [5.41, 5.74) is 2.22. The molecule has 6 heteroatoms. The number of hydrogen-bond acceptors (Lipinski definition) is 4. The Hall–Kier alpha value is -1.82. The molecule has 23 heavy (non-hydrogen) atoms. The molecule has 0 aliphatic heterocycles. The predicted octanol–water partition coefficient (Wildman–Crippen LogP) is 3.09. The summed E-state index contributed by atoms with van der Waals surface area (Å²) in [5.74, 6) is 1.12. The van der Waals surface area contributed by atoms with Crippen LogP contribution in [0.5, 0.6) is 0 Å². The normalized spacial score (nSPS) is 12.5. The maximum atomic E-state index is 12.4. The number of hydrogen-bond donors (Lipinski definition) is 0. The van der Waals surface area contributed by atoms with Crippen molar-refractivity contribution in [1.82, 2.24) is 19.7 Å². The number of carbonyl (C=O) groups excluding carboxylic acids is 1. The Bertz CT molecular complexity index is 676. The monoisotopic (exact) mass is 332 g/mol. The van der Waals surface area contributed by atoms with Gasteiger partial charge in [-0.05, 0) is 31.9 Å². The summed E-state index contributed by atoms with van der Waals surface area (Å²) in [6, 6.07) is 8.23. The maximum absolute atomic E-state index is 12.4. The summed E-state index contributed by atoms with van der Waals surface area (Å²) in [6.45, 7) is 8.09. The lowest BCUT2D eigenvalue weighted by atomic mass is 10.1. The number of aromatic nitrogens is 3. The fraction of sp³-hybridized carbons (Fsp3) is 0.471. The van der Waals surface area contributed by atoms with Gasteiger partial charge in [-0.15, -0.1) is 10.2 Å². The lowest BCUT2D eigenvalue weighted by Gasteiger charge is -2.23. The first kappa shape index (κ1) is 17.5. The molecular formula is C17H24N4OS. The average molecular weight is 332 g/mol. The zero-order chi connectivity index (χ0) is 17.1. The molecule has 5 nitrogen and oxygen atoms in total. The summed E-state index contributed by atoms with van der Waals surface area (Å²) < 4.78 is 2.00. The second-order valence-corrected chi connectivity index (χ2v) is 7.32. The minimum absolute atomic E-state index is 0.0982. The molecular weight excluding hydrogens is 308 g/mol. The summed E-state index contributed by atoms with van der Waals surface area (Å²) >= 11 is 1.48. The van der Waals surface area contributed by atoms with Crippen molar-refractivity contribution in [2.75, 3.05) is 14.1 Å². The lowest BCUT2D eigenvalue weighted by Crippen LogP contribution is -2.35. The first-order valence-corrected chi connectivity index (χ1v) is 8.56. The zero-order valence-corrected chi connectivity index (χ0v) is 15.4. The van der Waals surface area contributed by atoms with Gasteiger partial charge in [0.1, 0.15) is 5.82 Å². The van der Waals surface area contributed by atoms with Crippen molar-refractivity contribution in [3.05, 3.63) is 35.7 Å². The molecule has 2 rings (SSSR count). The topological polar surface area (TPSA) is 51.0 Å². The van der Waals surface area contributed by atoms with E-state index >= 15 is 0 Å². The minimum Gasteiger partial charge on any atom is -0.348 e. The van der Waals surface area contributed by atoms with E-state index in [4.69, 9.17) is 0 Å². The largest absolute Gasteiger partial charge is 0.348 e. The lowest BCUT2D eigenvalue weighted by molar-refractivity contribution is -0.128. The van der Waals surface area contributed by atoms with E-state index in [0.717, 1.165) is 16.7 Å². The molecule has 124 valence electrons. The van der Waals surface area contributed by atoms with Crippen molar-refractivity contribution >= 4 is 17.7 Å². The maximum Gasteiger partial charge on any atom is 0.235 e. The molecule has 0 aliphatic carbocycles. The summed E-state index contributed by atoms with van der Waals surface area (Å²) in [7, 11) is 3.57. The Kier molecular flexibility index (Phi) is 5.46. The molecule has 0 aliphatic rings. The minimum atomic E-state index is -0.183. The van der Waals surface area contributed by atoms with Gasteiger partial charge in [0.2, 0.25) is 5.91 Å². The van der Waals surface area contributed by atoms with Crippen LogP contribution < -0.4 is 0 Å². The highest BCUT2D eigenvalue weighted by Gasteiger charge is 2.27. The Labute approximate surface area is 142 Å². The van der Waals surface area contributed by atoms with Crippen molar-refractivity contribution in [2.24, 2.45) is 5.92 Å². The number of nitrogens with zero attached hydrogens (tertiary/aromatic N) is 4. The number of amides is 1. The van der Waals surface area contributed by atoms with Crippen molar-refractivity contribution in [2.45, 2.75) is 38.1 Å². The van der Waals surface area contributed by atoms with Crippen LogP contribution in [0.4, 0.5) is 0 Å². The van der Waals surface area contributed by atoms with E-state index in [-0.39, 0.29) is 17.1 Å². The van der Waals surface area contributed by atoms with Crippen LogP contribution in [-0.4, -0.2) is 44.9 Å². The van der Waals surface area contributed by atoms with Crippen molar-refractivity contribution in [3.63, 3.8) is 0 Å². The van der Waals surface area contributed by atoms with Crippen molar-refractivity contribution in [3.8, 4) is 5.69 Å². The second kappa shape index (κ2) is 7.17. The van der Waals surface area contributed by atoms with Gasteiger partial charge in [0.15, 0.2) is 5.16 Å². The summed E-state index contributed by atoms with van der Waals surface area (Å²) in [4.78, 5) is 14.1. The van der Waals surface area contributed by atoms with E-state index in [2.05, 4.69) is 43.1 Å². The Balaban J connectivity index is 2.37. The highest BCUT2D eigenvalue weighted by atomic mass is 32.2. The molecule has 1 aromatic carbocycles. The quantitative estimate of drug-likeness (QED) is 0.790. The van der Waals surface area contributed by atoms with E-state index in [0.29, 0.717) is 0 Å². The van der Waals surface area contributed by atoms with Gasteiger partial charge < -0.3 is 4.90 Å². The molecule has 1 aromatic heterocycles. The third-order valence-corrected chi connectivity index (χ3v) is 5.08. The van der Waals surface area contributed by atoms with E-state index in [9.17, 15) is 4.79 Å². The Morgan fingerprint density at radius 2 is 1.74 bits per heavy atom. The first-order chi connectivity index (χ1) is 10.8. The van der Waals surface area contributed by atoms with Crippen LogP contribution >= 0.6 is 11.8 Å². The highest BCUT2D eigenvalue weighted by molar-refractivity contribution is 8.00. The molecule has 0 saturated carbocycles. The Morgan fingerprint density at radius 3 is 2.26 bits per heavy atom. The number of aryl methyl sites for hydroxylation is 2. The number of benzene rings is 1. The first-order valence-electron chi connectivity index (χ1n) is 7.68. The Morgan fingerprint density at radius 1 is 1.13 bits per heavy atom. The van der Waals surface area contributed by atoms with Gasteiger partial charge in [0.05, 0.1) is 5.25 Å². The van der Waals surface area contributed by atoms with Crippen LogP contribution in [0.15, 0.2) is 29.4 Å². The van der Waals surface area contributed by atoms with Crippen LogP contribution in [0.1, 0.15) is 25.2 Å². The molecule has 1 heterocycles. The van der Waals surface area contributed by atoms with Gasteiger partial charge in [-0.2, -0.15) is 0 Å². The van der Waals surface area contributed by atoms with E-state index in [1.807, 2.05) is 23.6 Å². The molecule has 1 unspecified atom stereocenters. The van der Waals surface area contributed by atoms with Gasteiger partial charge in [-0.25, -0.2) is 0 Å². The third-order valence-electron chi connectivity index (χ3n) is 3.61. The van der Waals surface area contributed by atoms with Crippen LogP contribution in [0.3, 0.4) is 0 Å². The van der Waals surface area contributed by atoms with Crippen molar-refractivity contribution < 1.29 is 4.79 Å². The van der Waals surface area contributed by atoms with Crippen LogP contribution in [0.2, 0.25) is 0 Å². The standard InChI is InChI=1S/C17H24N4OS/c1-11(2)15(16(22)20(5)6)23-17-19-18-13(4)21(17)14-9-7-12(3)8-10-14/h7-11,15H,1-6H3. The van der Waals surface area contributed by atoms with Crippen LogP contribution in [0, 0.1) is 19.8 Å². The molecule has 1 atom stereocenters. The van der Waals surface area contributed by atoms with Gasteiger partial charge in [-0.3, -0.25) is 9.36 Å². The SMILES string of the molecule is Cc1ccc(-n2c(C)nnc2SC(C(=O)N(C)C)C(C)C)cc1. The molecule has 2 aromatic rings. The number of rotatable bonds is 5. The second-order valence-electron chi connectivity index (χ2n) is 6.22. The van der Waals surface area contributed by atoms with Crippen LogP contribution in [0.25, 0.3) is 5.69 Å². The molecule has 0 radical (unpaired) electrons. The van der Waals surface area contributed by atoms with Gasteiger partial charge in [0, 0.05) is 19.8 Å². The highest BCUT2D eigenvalue weighted by Crippen LogP contribution is 2.30. The van der Waals surface area contributed by atoms with E-state index < -0.39 is 0 Å². The van der Waals surface area contributed by atoms with Crippen molar-refractivity contribution in [1.29, 1.82) is 0 Å². The molecule has 0 spiro atoms. The van der Waals surface area contributed by atoms with E-state index in [1.165, 1.54) is 17.3 Å². The number of thioether (sulfide) groups is 1. The molecule has 0 fully saturated rings. The van der Waals surface area contributed by atoms with E-state index in [1.54, 1.807) is 19.0 Å². The fourth-order valence-corrected chi connectivity index (χ4v) is 3.49. The molecule has 1 amide bonds. The summed E-state index contributed by atoms with van der Waals surface area (Å²) in [6.07, 6.45) is 0. The zero-order valence-electron chi connectivity index (χ0n) is 14.6. The average Bonchev–Trinajstić information content (AvgIpc) is 2.85. The third kappa shape index (κ3) is 3.93. The smallest absolute Gasteiger partial charge is 0.235 e. The van der Waals surface area contributed by atoms with Crippen LogP contribution in [-0.2, 0) is 4.79 Å². The number of carbonyl (C=O) groups is 1. The predicted molar refractivity (Wildman–Crippen MR) is 94.0 cm³/mol. The van der Waals surface area contributed by atoms with Gasteiger partial charge in [0.25, 0.3) is 0 Å². The fourth-order valence-electron chi connectivity index (χ4n) is 2.25. The molecule has 0 N–H and O–H groups in total. The summed E-state index contributed by atoms with van der Waals surface area (Å²) in [5, 5.41) is 9.05.